The fourth-order valence-electron chi connectivity index (χ4n) is 2.11. The van der Waals surface area contributed by atoms with Crippen LogP contribution in [0.1, 0.15) is 13.3 Å². The largest absolute Gasteiger partial charge is 0.360 e. The summed E-state index contributed by atoms with van der Waals surface area (Å²) in [4.78, 5) is 30.9. The molecule has 0 aliphatic carbocycles. The molecule has 0 spiro atoms. The van der Waals surface area contributed by atoms with Crippen LogP contribution in [0.4, 0.5) is 11.4 Å². The molecule has 2 N–H and O–H groups in total. The Bertz CT molecular complexity index is 865. The quantitative estimate of drug-likeness (QED) is 0.775. The molecule has 0 bridgehead atoms. The highest BCUT2D eigenvalue weighted by Crippen LogP contribution is 2.20. The van der Waals surface area contributed by atoms with Crippen LogP contribution in [0.5, 0.6) is 0 Å². The second kappa shape index (κ2) is 5.77. The first kappa shape index (κ1) is 13.9. The van der Waals surface area contributed by atoms with Crippen LogP contribution in [0.15, 0.2) is 53.3 Å². The number of fused-ring (bicyclic) bond motifs is 1. The van der Waals surface area contributed by atoms with E-state index >= 15 is 0 Å². The summed E-state index contributed by atoms with van der Waals surface area (Å²) in [7, 11) is 0. The minimum atomic E-state index is -0.478. The van der Waals surface area contributed by atoms with E-state index in [1.54, 1.807) is 19.1 Å². The molecule has 0 atom stereocenters. The van der Waals surface area contributed by atoms with E-state index in [1.807, 2.05) is 36.4 Å². The zero-order valence-electron chi connectivity index (χ0n) is 12.0. The zero-order valence-corrected chi connectivity index (χ0v) is 12.0. The van der Waals surface area contributed by atoms with Gasteiger partial charge in [0.1, 0.15) is 5.52 Å². The van der Waals surface area contributed by atoms with Crippen molar-refractivity contribution in [3.63, 3.8) is 0 Å². The van der Waals surface area contributed by atoms with Gasteiger partial charge in [-0.15, -0.1) is 4.73 Å². The number of H-pyrrole nitrogens is 1. The molecule has 6 heteroatoms. The van der Waals surface area contributed by atoms with E-state index < -0.39 is 11.7 Å². The standard InChI is InChI=1S/C16H15N3O3/c1-2-15(20)22-19-14-9-8-12(10-13(14)18-16(19)21)17-11-6-4-3-5-7-11/h3-10,17H,2H2,1H3,(H,18,21). The lowest BCUT2D eigenvalue weighted by atomic mass is 10.2. The van der Waals surface area contributed by atoms with Crippen molar-refractivity contribution in [2.24, 2.45) is 0 Å². The van der Waals surface area contributed by atoms with Crippen LogP contribution in [0, 0.1) is 0 Å². The molecule has 0 unspecified atom stereocenters. The first-order valence-electron chi connectivity index (χ1n) is 6.95. The minimum Gasteiger partial charge on any atom is -0.355 e. The van der Waals surface area contributed by atoms with Gasteiger partial charge in [0, 0.05) is 17.8 Å². The highest BCUT2D eigenvalue weighted by Gasteiger charge is 2.11. The number of nitrogens with one attached hydrogen (secondary N) is 2. The van der Waals surface area contributed by atoms with Gasteiger partial charge in [-0.1, -0.05) is 25.1 Å². The van der Waals surface area contributed by atoms with Gasteiger partial charge in [-0.3, -0.25) is 0 Å². The molecule has 0 fully saturated rings. The fraction of sp³-hybridized carbons (Fsp3) is 0.125. The molecule has 1 aromatic heterocycles. The second-order valence-corrected chi connectivity index (χ2v) is 4.76. The average Bonchev–Trinajstić information content (AvgIpc) is 2.83. The van der Waals surface area contributed by atoms with E-state index in [0.29, 0.717) is 11.0 Å². The maximum absolute atomic E-state index is 11.9. The summed E-state index contributed by atoms with van der Waals surface area (Å²) in [6.07, 6.45) is 0.201. The van der Waals surface area contributed by atoms with Gasteiger partial charge >= 0.3 is 11.7 Å². The number of hydrogen-bond acceptors (Lipinski definition) is 4. The minimum absolute atomic E-state index is 0.201. The van der Waals surface area contributed by atoms with Gasteiger partial charge in [0.05, 0.1) is 5.52 Å². The van der Waals surface area contributed by atoms with Crippen LogP contribution in [0.3, 0.4) is 0 Å². The van der Waals surface area contributed by atoms with Gasteiger partial charge in [-0.2, -0.15) is 0 Å². The Hall–Kier alpha value is -3.02. The highest BCUT2D eigenvalue weighted by molar-refractivity contribution is 5.81. The molecule has 0 amide bonds. The number of benzene rings is 2. The van der Waals surface area contributed by atoms with Crippen LogP contribution in [-0.2, 0) is 4.79 Å². The van der Waals surface area contributed by atoms with Gasteiger partial charge in [-0.25, -0.2) is 9.59 Å². The molecule has 6 nitrogen and oxygen atoms in total. The lowest BCUT2D eigenvalue weighted by Crippen LogP contribution is -2.28. The topological polar surface area (TPSA) is 76.1 Å². The molecule has 3 rings (SSSR count). The van der Waals surface area contributed by atoms with Crippen molar-refractivity contribution >= 4 is 28.4 Å². The predicted octanol–water partition coefficient (Wildman–Crippen LogP) is 2.44. The fourth-order valence-corrected chi connectivity index (χ4v) is 2.11. The van der Waals surface area contributed by atoms with E-state index in [2.05, 4.69) is 10.3 Å². The van der Waals surface area contributed by atoms with E-state index in [0.717, 1.165) is 16.1 Å². The Labute approximate surface area is 126 Å². The smallest absolute Gasteiger partial charge is 0.355 e. The molecular formula is C16H15N3O3. The van der Waals surface area contributed by atoms with Crippen molar-refractivity contribution in [2.75, 3.05) is 5.32 Å². The molecule has 22 heavy (non-hydrogen) atoms. The van der Waals surface area contributed by atoms with Crippen LogP contribution in [-0.4, -0.2) is 15.7 Å². The van der Waals surface area contributed by atoms with Crippen LogP contribution < -0.4 is 15.8 Å². The van der Waals surface area contributed by atoms with Crippen molar-refractivity contribution in [3.8, 4) is 0 Å². The third kappa shape index (κ3) is 2.71. The van der Waals surface area contributed by atoms with Crippen molar-refractivity contribution in [1.29, 1.82) is 0 Å². The lowest BCUT2D eigenvalue weighted by molar-refractivity contribution is -0.143. The summed E-state index contributed by atoms with van der Waals surface area (Å²) < 4.78 is 0.980. The first-order chi connectivity index (χ1) is 10.7. The number of nitrogens with zero attached hydrogens (tertiary/aromatic N) is 1. The normalized spacial score (nSPS) is 10.6. The van der Waals surface area contributed by atoms with Gasteiger partial charge in [0.15, 0.2) is 0 Å². The molecule has 0 radical (unpaired) electrons. The highest BCUT2D eigenvalue weighted by atomic mass is 16.7. The van der Waals surface area contributed by atoms with E-state index in [-0.39, 0.29) is 6.42 Å². The Balaban J connectivity index is 1.94. The summed E-state index contributed by atoms with van der Waals surface area (Å²) in [6, 6.07) is 15.0. The van der Waals surface area contributed by atoms with E-state index in [9.17, 15) is 9.59 Å². The van der Waals surface area contributed by atoms with Gasteiger partial charge in [-0.05, 0) is 30.3 Å². The summed E-state index contributed by atoms with van der Waals surface area (Å²) >= 11 is 0. The lowest BCUT2D eigenvalue weighted by Gasteiger charge is -2.06. The summed E-state index contributed by atoms with van der Waals surface area (Å²) in [5.74, 6) is -0.463. The van der Waals surface area contributed by atoms with Crippen LogP contribution >= 0.6 is 0 Å². The molecule has 0 saturated carbocycles. The Morgan fingerprint density at radius 3 is 2.68 bits per heavy atom. The molecular weight excluding hydrogens is 282 g/mol. The third-order valence-electron chi connectivity index (χ3n) is 3.19. The number of aromatic amines is 1. The summed E-state index contributed by atoms with van der Waals surface area (Å²) in [6.45, 7) is 1.67. The zero-order chi connectivity index (χ0) is 15.5. The Morgan fingerprint density at radius 1 is 1.18 bits per heavy atom. The number of carbonyl (C=O) groups is 1. The van der Waals surface area contributed by atoms with Crippen molar-refractivity contribution in [1.82, 2.24) is 9.71 Å². The molecule has 2 aromatic carbocycles. The van der Waals surface area contributed by atoms with E-state index in [1.165, 1.54) is 0 Å². The number of rotatable bonds is 4. The SMILES string of the molecule is CCC(=O)On1c(=O)[nH]c2cc(Nc3ccccc3)ccc21. The maximum atomic E-state index is 11.9. The van der Waals surface area contributed by atoms with Gasteiger partial charge < -0.3 is 15.1 Å². The second-order valence-electron chi connectivity index (χ2n) is 4.76. The Kier molecular flexibility index (Phi) is 3.65. The summed E-state index contributed by atoms with van der Waals surface area (Å²) in [5.41, 5.74) is 2.41. The number of anilines is 2. The van der Waals surface area contributed by atoms with Gasteiger partial charge in [0.2, 0.25) is 0 Å². The third-order valence-corrected chi connectivity index (χ3v) is 3.19. The van der Waals surface area contributed by atoms with Crippen molar-refractivity contribution < 1.29 is 9.63 Å². The van der Waals surface area contributed by atoms with E-state index in [4.69, 9.17) is 4.84 Å². The number of para-hydroxylation sites is 1. The molecule has 112 valence electrons. The monoisotopic (exact) mass is 297 g/mol. The van der Waals surface area contributed by atoms with Crippen molar-refractivity contribution in [2.45, 2.75) is 13.3 Å². The average molecular weight is 297 g/mol. The van der Waals surface area contributed by atoms with Crippen LogP contribution in [0.2, 0.25) is 0 Å². The number of imidazole rings is 1. The number of aromatic nitrogens is 2. The molecule has 0 aliphatic heterocycles. The molecule has 0 saturated heterocycles. The molecule has 0 aliphatic rings. The van der Waals surface area contributed by atoms with Gasteiger partial charge in [0.25, 0.3) is 0 Å². The molecule has 1 heterocycles. The Morgan fingerprint density at radius 2 is 1.95 bits per heavy atom. The predicted molar refractivity (Wildman–Crippen MR) is 84.2 cm³/mol. The maximum Gasteiger partial charge on any atom is 0.360 e. The van der Waals surface area contributed by atoms with Crippen molar-refractivity contribution in [3.05, 3.63) is 59.0 Å². The number of carbonyl (C=O) groups excluding carboxylic acids is 1. The first-order valence-corrected chi connectivity index (χ1v) is 6.95. The molecule has 3 aromatic rings. The number of hydrogen-bond donors (Lipinski definition) is 2. The summed E-state index contributed by atoms with van der Waals surface area (Å²) in [5, 5.41) is 3.24. The van der Waals surface area contributed by atoms with Crippen LogP contribution in [0.25, 0.3) is 11.0 Å².